The summed E-state index contributed by atoms with van der Waals surface area (Å²) in [7, 11) is 4.18. The standard InChI is InChI=1S/C16H23N3O/c1-18(2)11-15-4-3-9-19(15)12-16(20)14-7-5-13(10-17)6-8-14/h5-8,15-16,20H,3-4,9,11-12H2,1-2H3. The average Bonchev–Trinajstić information content (AvgIpc) is 2.85. The summed E-state index contributed by atoms with van der Waals surface area (Å²) >= 11 is 0. The Morgan fingerprint density at radius 2 is 2.10 bits per heavy atom. The fourth-order valence-corrected chi connectivity index (χ4v) is 2.87. The number of likely N-dealkylation sites (N-methyl/N-ethyl adjacent to an activating group) is 1. The van der Waals surface area contributed by atoms with Crippen molar-refractivity contribution in [2.45, 2.75) is 25.0 Å². The molecule has 1 N–H and O–H groups in total. The molecule has 108 valence electrons. The largest absolute Gasteiger partial charge is 0.387 e. The van der Waals surface area contributed by atoms with Crippen LogP contribution in [-0.2, 0) is 0 Å². The Kier molecular flexibility index (Phi) is 5.13. The van der Waals surface area contributed by atoms with Crippen molar-refractivity contribution in [3.05, 3.63) is 35.4 Å². The monoisotopic (exact) mass is 273 g/mol. The second-order valence-electron chi connectivity index (χ2n) is 5.80. The molecular formula is C16H23N3O. The van der Waals surface area contributed by atoms with Gasteiger partial charge in [-0.05, 0) is 51.2 Å². The zero-order chi connectivity index (χ0) is 14.5. The summed E-state index contributed by atoms with van der Waals surface area (Å²) in [6, 6.07) is 9.86. The topological polar surface area (TPSA) is 50.5 Å². The van der Waals surface area contributed by atoms with Crippen molar-refractivity contribution in [1.29, 1.82) is 5.26 Å². The van der Waals surface area contributed by atoms with E-state index in [2.05, 4.69) is 30.0 Å². The first-order valence-electron chi connectivity index (χ1n) is 7.17. The van der Waals surface area contributed by atoms with Gasteiger partial charge in [0.25, 0.3) is 0 Å². The molecule has 0 aromatic heterocycles. The lowest BCUT2D eigenvalue weighted by Crippen LogP contribution is -2.39. The lowest BCUT2D eigenvalue weighted by Gasteiger charge is -2.28. The maximum absolute atomic E-state index is 10.4. The van der Waals surface area contributed by atoms with E-state index in [1.165, 1.54) is 12.8 Å². The predicted molar refractivity (Wildman–Crippen MR) is 79.3 cm³/mol. The van der Waals surface area contributed by atoms with E-state index in [0.717, 1.165) is 18.7 Å². The molecule has 1 fully saturated rings. The Hall–Kier alpha value is -1.41. The molecule has 2 rings (SSSR count). The number of nitrogens with zero attached hydrogens (tertiary/aromatic N) is 3. The molecule has 1 aromatic carbocycles. The molecule has 0 amide bonds. The van der Waals surface area contributed by atoms with Crippen LogP contribution in [0.25, 0.3) is 0 Å². The molecule has 0 bridgehead atoms. The van der Waals surface area contributed by atoms with Crippen LogP contribution in [0.3, 0.4) is 0 Å². The van der Waals surface area contributed by atoms with Crippen LogP contribution in [0.1, 0.15) is 30.1 Å². The summed E-state index contributed by atoms with van der Waals surface area (Å²) in [5, 5.41) is 19.1. The molecule has 4 heteroatoms. The number of nitriles is 1. The minimum atomic E-state index is -0.481. The van der Waals surface area contributed by atoms with Gasteiger partial charge in [-0.25, -0.2) is 0 Å². The smallest absolute Gasteiger partial charge is 0.0991 e. The molecule has 2 atom stereocenters. The molecule has 0 aliphatic carbocycles. The highest BCUT2D eigenvalue weighted by atomic mass is 16.3. The zero-order valence-corrected chi connectivity index (χ0v) is 12.3. The first kappa shape index (κ1) is 15.0. The van der Waals surface area contributed by atoms with Crippen molar-refractivity contribution in [2.24, 2.45) is 0 Å². The molecule has 1 aliphatic heterocycles. The minimum absolute atomic E-state index is 0.481. The lowest BCUT2D eigenvalue weighted by molar-refractivity contribution is 0.0980. The quantitative estimate of drug-likeness (QED) is 0.885. The molecule has 1 saturated heterocycles. The number of aliphatic hydroxyl groups is 1. The van der Waals surface area contributed by atoms with E-state index in [-0.39, 0.29) is 0 Å². The Bertz CT molecular complexity index is 464. The zero-order valence-electron chi connectivity index (χ0n) is 12.3. The van der Waals surface area contributed by atoms with Gasteiger partial charge in [-0.3, -0.25) is 4.90 Å². The number of likely N-dealkylation sites (tertiary alicyclic amines) is 1. The molecule has 0 radical (unpaired) electrons. The molecule has 1 aromatic rings. The van der Waals surface area contributed by atoms with Gasteiger partial charge in [-0.15, -0.1) is 0 Å². The van der Waals surface area contributed by atoms with Crippen LogP contribution in [0.15, 0.2) is 24.3 Å². The minimum Gasteiger partial charge on any atom is -0.387 e. The molecule has 20 heavy (non-hydrogen) atoms. The van der Waals surface area contributed by atoms with Crippen LogP contribution in [0, 0.1) is 11.3 Å². The normalized spacial score (nSPS) is 21.1. The number of benzene rings is 1. The predicted octanol–water partition coefficient (Wildman–Crippen LogP) is 1.62. The third kappa shape index (κ3) is 3.80. The van der Waals surface area contributed by atoms with Gasteiger partial charge in [0.05, 0.1) is 17.7 Å². The van der Waals surface area contributed by atoms with Gasteiger partial charge in [0, 0.05) is 19.1 Å². The van der Waals surface area contributed by atoms with Crippen LogP contribution in [0.5, 0.6) is 0 Å². The van der Waals surface area contributed by atoms with Crippen molar-refractivity contribution in [3.63, 3.8) is 0 Å². The third-order valence-electron chi connectivity index (χ3n) is 3.91. The Morgan fingerprint density at radius 3 is 2.70 bits per heavy atom. The van der Waals surface area contributed by atoms with Crippen molar-refractivity contribution in [2.75, 3.05) is 33.7 Å². The van der Waals surface area contributed by atoms with Crippen LogP contribution < -0.4 is 0 Å². The van der Waals surface area contributed by atoms with E-state index in [1.54, 1.807) is 12.1 Å². The van der Waals surface area contributed by atoms with E-state index in [4.69, 9.17) is 5.26 Å². The van der Waals surface area contributed by atoms with Crippen molar-refractivity contribution < 1.29 is 5.11 Å². The summed E-state index contributed by atoms with van der Waals surface area (Å²) in [5.74, 6) is 0. The second-order valence-corrected chi connectivity index (χ2v) is 5.80. The van der Waals surface area contributed by atoms with Gasteiger partial charge in [0.1, 0.15) is 0 Å². The average molecular weight is 273 g/mol. The van der Waals surface area contributed by atoms with Gasteiger partial charge < -0.3 is 10.0 Å². The molecule has 1 aliphatic rings. The van der Waals surface area contributed by atoms with E-state index in [1.807, 2.05) is 12.1 Å². The first-order valence-corrected chi connectivity index (χ1v) is 7.17. The number of hydrogen-bond acceptors (Lipinski definition) is 4. The van der Waals surface area contributed by atoms with Crippen LogP contribution >= 0.6 is 0 Å². The highest BCUT2D eigenvalue weighted by Crippen LogP contribution is 2.22. The maximum Gasteiger partial charge on any atom is 0.0991 e. The van der Waals surface area contributed by atoms with Crippen LogP contribution in [0.4, 0.5) is 0 Å². The van der Waals surface area contributed by atoms with Crippen LogP contribution in [0.2, 0.25) is 0 Å². The summed E-state index contributed by atoms with van der Waals surface area (Å²) in [5.41, 5.74) is 1.52. The maximum atomic E-state index is 10.4. The summed E-state index contributed by atoms with van der Waals surface area (Å²) in [4.78, 5) is 4.58. The summed E-state index contributed by atoms with van der Waals surface area (Å²) in [6.07, 6.45) is 1.93. The SMILES string of the molecule is CN(C)CC1CCCN1CC(O)c1ccc(C#N)cc1. The number of hydrogen-bond donors (Lipinski definition) is 1. The van der Waals surface area contributed by atoms with E-state index in [0.29, 0.717) is 18.2 Å². The van der Waals surface area contributed by atoms with E-state index >= 15 is 0 Å². The van der Waals surface area contributed by atoms with Crippen molar-refractivity contribution in [3.8, 4) is 6.07 Å². The summed E-state index contributed by atoms with van der Waals surface area (Å²) in [6.45, 7) is 2.77. The number of aliphatic hydroxyl groups excluding tert-OH is 1. The second kappa shape index (κ2) is 6.85. The lowest BCUT2D eigenvalue weighted by atomic mass is 10.1. The number of β-amino-alcohol motifs (C(OH)–C–C–N with tert-alkyl or cyclic N) is 1. The molecule has 0 saturated carbocycles. The van der Waals surface area contributed by atoms with E-state index < -0.39 is 6.10 Å². The van der Waals surface area contributed by atoms with Gasteiger partial charge in [0.2, 0.25) is 0 Å². The molecule has 4 nitrogen and oxygen atoms in total. The fraction of sp³-hybridized carbons (Fsp3) is 0.562. The van der Waals surface area contributed by atoms with Crippen molar-refractivity contribution >= 4 is 0 Å². The fourth-order valence-electron chi connectivity index (χ4n) is 2.87. The molecule has 1 heterocycles. The molecule has 2 unspecified atom stereocenters. The Morgan fingerprint density at radius 1 is 1.40 bits per heavy atom. The Labute approximate surface area is 121 Å². The van der Waals surface area contributed by atoms with Gasteiger partial charge in [0.15, 0.2) is 0 Å². The molecular weight excluding hydrogens is 250 g/mol. The van der Waals surface area contributed by atoms with Gasteiger partial charge in [-0.1, -0.05) is 12.1 Å². The van der Waals surface area contributed by atoms with Gasteiger partial charge in [-0.2, -0.15) is 5.26 Å². The van der Waals surface area contributed by atoms with Crippen LogP contribution in [-0.4, -0.2) is 54.7 Å². The summed E-state index contributed by atoms with van der Waals surface area (Å²) < 4.78 is 0. The highest BCUT2D eigenvalue weighted by molar-refractivity contribution is 5.32. The third-order valence-corrected chi connectivity index (χ3v) is 3.91. The number of rotatable bonds is 5. The Balaban J connectivity index is 1.96. The van der Waals surface area contributed by atoms with Crippen molar-refractivity contribution in [1.82, 2.24) is 9.80 Å². The van der Waals surface area contributed by atoms with E-state index in [9.17, 15) is 5.11 Å². The first-order chi connectivity index (χ1) is 9.60. The van der Waals surface area contributed by atoms with Gasteiger partial charge >= 0.3 is 0 Å². The molecule has 0 spiro atoms. The highest BCUT2D eigenvalue weighted by Gasteiger charge is 2.26.